The lowest BCUT2D eigenvalue weighted by Crippen LogP contribution is -2.35. The van der Waals surface area contributed by atoms with Crippen LogP contribution in [0.5, 0.6) is 0 Å². The van der Waals surface area contributed by atoms with Crippen LogP contribution in [-0.4, -0.2) is 61.8 Å². The van der Waals surface area contributed by atoms with E-state index in [0.717, 1.165) is 18.4 Å². The Hall–Kier alpha value is -2.89. The molecule has 0 aliphatic heterocycles. The summed E-state index contributed by atoms with van der Waals surface area (Å²) in [7, 11) is 1.97. The van der Waals surface area contributed by atoms with Gasteiger partial charge in [-0.2, -0.15) is 0 Å². The predicted molar refractivity (Wildman–Crippen MR) is 153 cm³/mol. The van der Waals surface area contributed by atoms with E-state index in [9.17, 15) is 19.2 Å². The second kappa shape index (κ2) is 23.0. The third-order valence-electron chi connectivity index (χ3n) is 4.06. The van der Waals surface area contributed by atoms with Gasteiger partial charge < -0.3 is 15.4 Å². The fraction of sp³-hybridized carbons (Fsp3) is 0.679. The van der Waals surface area contributed by atoms with Crippen LogP contribution in [0, 0.1) is 23.7 Å². The minimum atomic E-state index is -0.777. The molecule has 1 heterocycles. The second-order valence-electron chi connectivity index (χ2n) is 10.9. The molecule has 1 aromatic rings. The minimum Gasteiger partial charge on any atom is -0.354 e. The highest BCUT2D eigenvalue weighted by atomic mass is 16.7. The lowest BCUT2D eigenvalue weighted by molar-refractivity contribution is -0.127. The Labute approximate surface area is 234 Å². The maximum absolute atomic E-state index is 12.1. The average Bonchev–Trinajstić information content (AvgIpc) is 2.84. The van der Waals surface area contributed by atoms with Crippen LogP contribution in [0.25, 0.3) is 0 Å². The molecule has 0 radical (unpaired) electrons. The number of hydrogen-bond acceptors (Lipinski definition) is 8. The van der Waals surface area contributed by atoms with Gasteiger partial charge in [0.2, 0.25) is 5.91 Å². The molecular formula is C28H51N5O6. The molecular weight excluding hydrogens is 502 g/mol. The van der Waals surface area contributed by atoms with E-state index in [1.54, 1.807) is 0 Å². The van der Waals surface area contributed by atoms with Gasteiger partial charge in [-0.3, -0.25) is 24.1 Å². The molecule has 1 atom stereocenters. The van der Waals surface area contributed by atoms with Crippen LogP contribution in [0.3, 0.4) is 0 Å². The van der Waals surface area contributed by atoms with Crippen LogP contribution in [-0.2, 0) is 19.3 Å². The molecule has 0 aliphatic carbocycles. The third kappa shape index (κ3) is 23.9. The number of rotatable bonds is 14. The Kier molecular flexibility index (Phi) is 22.6. The van der Waals surface area contributed by atoms with E-state index >= 15 is 0 Å². The highest BCUT2D eigenvalue weighted by molar-refractivity contribution is 5.95. The molecule has 1 aromatic heterocycles. The van der Waals surface area contributed by atoms with Crippen LogP contribution >= 0.6 is 0 Å². The molecule has 0 saturated carbocycles. The normalized spacial score (nSPS) is 11.2. The Balaban J connectivity index is 0. The summed E-state index contributed by atoms with van der Waals surface area (Å²) in [5.74, 6) is 0.327. The Morgan fingerprint density at radius 3 is 1.77 bits per heavy atom. The van der Waals surface area contributed by atoms with E-state index < -0.39 is 17.9 Å². The van der Waals surface area contributed by atoms with Gasteiger partial charge in [-0.15, -0.1) is 0 Å². The zero-order chi connectivity index (χ0) is 30.4. The lowest BCUT2D eigenvalue weighted by Gasteiger charge is -2.14. The van der Waals surface area contributed by atoms with Gasteiger partial charge in [0.05, 0.1) is 0 Å². The summed E-state index contributed by atoms with van der Waals surface area (Å²) < 4.78 is 0. The number of carbonyl (C=O) groups excluding carboxylic acids is 4. The average molecular weight is 554 g/mol. The lowest BCUT2D eigenvalue weighted by atomic mass is 10.1. The van der Waals surface area contributed by atoms with Crippen molar-refractivity contribution in [2.75, 3.05) is 26.7 Å². The fourth-order valence-corrected chi connectivity index (χ4v) is 2.46. The SMILES string of the molecule is CC(C)C.CC(C)CNC(=O)CONC(=O)c1cccc(C(=O)NOC(C=O)CC(C)C)n1.CNCC(C)C. The predicted octanol–water partition coefficient (Wildman–Crippen LogP) is 3.31. The Morgan fingerprint density at radius 2 is 1.36 bits per heavy atom. The molecule has 0 aromatic carbocycles. The van der Waals surface area contributed by atoms with Gasteiger partial charge in [0.1, 0.15) is 17.5 Å². The zero-order valence-electron chi connectivity index (χ0n) is 25.4. The molecule has 3 amide bonds. The first kappa shape index (κ1) is 38.3. The number of hydrogen-bond donors (Lipinski definition) is 4. The van der Waals surface area contributed by atoms with Crippen LogP contribution in [0.1, 0.15) is 89.7 Å². The van der Waals surface area contributed by atoms with Gasteiger partial charge >= 0.3 is 0 Å². The van der Waals surface area contributed by atoms with Gasteiger partial charge in [-0.1, -0.05) is 68.4 Å². The number of pyridine rings is 1. The van der Waals surface area contributed by atoms with Crippen LogP contribution in [0.4, 0.5) is 0 Å². The largest absolute Gasteiger partial charge is 0.354 e. The van der Waals surface area contributed by atoms with Crippen molar-refractivity contribution in [1.82, 2.24) is 26.6 Å². The molecule has 0 aliphatic rings. The maximum Gasteiger partial charge on any atom is 0.293 e. The number of aldehydes is 1. The summed E-state index contributed by atoms with van der Waals surface area (Å²) in [5, 5.41) is 5.70. The van der Waals surface area contributed by atoms with Crippen LogP contribution < -0.4 is 21.6 Å². The van der Waals surface area contributed by atoms with Crippen molar-refractivity contribution >= 4 is 24.0 Å². The van der Waals surface area contributed by atoms with E-state index in [1.807, 2.05) is 34.7 Å². The molecule has 39 heavy (non-hydrogen) atoms. The van der Waals surface area contributed by atoms with E-state index in [-0.39, 0.29) is 29.8 Å². The summed E-state index contributed by atoms with van der Waals surface area (Å²) in [6.07, 6.45) is 0.272. The van der Waals surface area contributed by atoms with E-state index in [1.165, 1.54) is 18.2 Å². The van der Waals surface area contributed by atoms with Crippen molar-refractivity contribution < 1.29 is 28.9 Å². The number of aromatic nitrogens is 1. The van der Waals surface area contributed by atoms with Gasteiger partial charge in [0.25, 0.3) is 11.8 Å². The number of nitrogens with one attached hydrogen (secondary N) is 4. The fourth-order valence-electron chi connectivity index (χ4n) is 2.46. The monoisotopic (exact) mass is 553 g/mol. The van der Waals surface area contributed by atoms with E-state index in [0.29, 0.717) is 25.2 Å². The van der Waals surface area contributed by atoms with Gasteiger partial charge in [0.15, 0.2) is 12.9 Å². The number of carbonyl (C=O) groups is 4. The molecule has 11 nitrogen and oxygen atoms in total. The van der Waals surface area contributed by atoms with Crippen LogP contribution in [0.15, 0.2) is 18.2 Å². The quantitative estimate of drug-likeness (QED) is 0.203. The first-order valence-corrected chi connectivity index (χ1v) is 13.4. The smallest absolute Gasteiger partial charge is 0.293 e. The minimum absolute atomic E-state index is 0.0819. The van der Waals surface area contributed by atoms with Crippen molar-refractivity contribution in [3.05, 3.63) is 29.6 Å². The summed E-state index contributed by atoms with van der Waals surface area (Å²) >= 11 is 0. The second-order valence-corrected chi connectivity index (χ2v) is 10.9. The molecule has 224 valence electrons. The van der Waals surface area contributed by atoms with Crippen molar-refractivity contribution in [3.63, 3.8) is 0 Å². The van der Waals surface area contributed by atoms with Gasteiger partial charge in [-0.05, 0) is 55.8 Å². The molecule has 1 rings (SSSR count). The van der Waals surface area contributed by atoms with Gasteiger partial charge in [-0.25, -0.2) is 15.9 Å². The Bertz CT molecular complexity index is 828. The third-order valence-corrected chi connectivity index (χ3v) is 4.06. The maximum atomic E-state index is 12.1. The molecule has 0 saturated heterocycles. The topological polar surface area (TPSA) is 148 Å². The van der Waals surface area contributed by atoms with Crippen molar-refractivity contribution in [3.8, 4) is 0 Å². The highest BCUT2D eigenvalue weighted by Gasteiger charge is 2.16. The molecule has 11 heteroatoms. The zero-order valence-corrected chi connectivity index (χ0v) is 25.4. The van der Waals surface area contributed by atoms with Gasteiger partial charge in [0, 0.05) is 6.54 Å². The summed E-state index contributed by atoms with van der Waals surface area (Å²) in [4.78, 5) is 60.5. The summed E-state index contributed by atoms with van der Waals surface area (Å²) in [6.45, 7) is 19.9. The Morgan fingerprint density at radius 1 is 0.846 bits per heavy atom. The standard InChI is InChI=1S/C19H28N4O6.C5H13N.C4H10/c1-12(2)8-14(10-24)29-23-19(27)16-7-5-6-15(21-16)18(26)22-28-11-17(25)20-9-13(3)4;1-5(2)4-6-3;1-4(2)3/h5-7,10,12-14H,8-9,11H2,1-4H3,(H,20,25)(H,22,26)(H,23,27);5-6H,4H2,1-3H3;4H,1-3H3. The van der Waals surface area contributed by atoms with E-state index in [4.69, 9.17) is 9.68 Å². The molecule has 0 bridgehead atoms. The van der Waals surface area contributed by atoms with Crippen molar-refractivity contribution in [2.24, 2.45) is 23.7 Å². The van der Waals surface area contributed by atoms with Crippen molar-refractivity contribution in [2.45, 2.75) is 74.8 Å². The number of amides is 3. The number of hydroxylamine groups is 2. The molecule has 0 fully saturated rings. The summed E-state index contributed by atoms with van der Waals surface area (Å²) in [5.41, 5.74) is 4.08. The molecule has 0 spiro atoms. The highest BCUT2D eigenvalue weighted by Crippen LogP contribution is 2.06. The van der Waals surface area contributed by atoms with Crippen molar-refractivity contribution in [1.29, 1.82) is 0 Å². The summed E-state index contributed by atoms with van der Waals surface area (Å²) in [6, 6.07) is 4.22. The number of nitrogens with zero attached hydrogens (tertiary/aromatic N) is 1. The first-order chi connectivity index (χ1) is 18.2. The molecule has 4 N–H and O–H groups in total. The molecule has 1 unspecified atom stereocenters. The van der Waals surface area contributed by atoms with E-state index in [2.05, 4.69) is 61.2 Å². The van der Waals surface area contributed by atoms with Crippen LogP contribution in [0.2, 0.25) is 0 Å². The first-order valence-electron chi connectivity index (χ1n) is 13.4.